The minimum absolute atomic E-state index is 0.907. The average molecular weight is 251 g/mol. The molecule has 98 valence electrons. The molecule has 0 amide bonds. The van der Waals surface area contributed by atoms with Crippen LogP contribution in [0.25, 0.3) is 11.1 Å². The number of hydrogen-bond donors (Lipinski definition) is 1. The van der Waals surface area contributed by atoms with E-state index in [1.165, 1.54) is 42.4 Å². The number of rotatable bonds is 2. The van der Waals surface area contributed by atoms with Crippen molar-refractivity contribution in [2.24, 2.45) is 0 Å². The Hall–Kier alpha value is -1.76. The molecular formula is C18H21N. The van der Waals surface area contributed by atoms with Gasteiger partial charge in [-0.05, 0) is 72.1 Å². The Morgan fingerprint density at radius 2 is 1.58 bits per heavy atom. The molecule has 2 N–H and O–H groups in total. The molecule has 0 spiro atoms. The van der Waals surface area contributed by atoms with Crippen LogP contribution in [0.3, 0.4) is 0 Å². The molecule has 1 nitrogen and oxygen atoms in total. The molecule has 0 heterocycles. The van der Waals surface area contributed by atoms with Gasteiger partial charge in [-0.1, -0.05) is 31.2 Å². The normalized spacial score (nSPS) is 14.2. The maximum atomic E-state index is 5.99. The van der Waals surface area contributed by atoms with Crippen LogP contribution < -0.4 is 5.73 Å². The second-order valence-corrected chi connectivity index (χ2v) is 5.46. The standard InChI is InChI=1S/C18H21N/c1-2-13-11-17(9-10-18(13)19)16-8-7-14-5-3-4-6-15(14)12-16/h7-12H,2-6,19H2,1H3. The Labute approximate surface area is 115 Å². The summed E-state index contributed by atoms with van der Waals surface area (Å²) < 4.78 is 0. The highest BCUT2D eigenvalue weighted by molar-refractivity contribution is 5.69. The van der Waals surface area contributed by atoms with Gasteiger partial charge in [0.05, 0.1) is 0 Å². The summed E-state index contributed by atoms with van der Waals surface area (Å²) >= 11 is 0. The van der Waals surface area contributed by atoms with Crippen molar-refractivity contribution in [2.45, 2.75) is 39.0 Å². The predicted octanol–water partition coefficient (Wildman–Crippen LogP) is 4.38. The van der Waals surface area contributed by atoms with E-state index in [2.05, 4.69) is 37.3 Å². The van der Waals surface area contributed by atoms with Gasteiger partial charge in [-0.25, -0.2) is 0 Å². The van der Waals surface area contributed by atoms with Crippen LogP contribution in [0.4, 0.5) is 5.69 Å². The highest BCUT2D eigenvalue weighted by atomic mass is 14.6. The molecule has 1 aliphatic rings. The van der Waals surface area contributed by atoms with Crippen LogP contribution in [0.5, 0.6) is 0 Å². The van der Waals surface area contributed by atoms with Gasteiger partial charge in [0.25, 0.3) is 0 Å². The zero-order chi connectivity index (χ0) is 13.2. The number of benzene rings is 2. The Morgan fingerprint density at radius 3 is 2.37 bits per heavy atom. The summed E-state index contributed by atoms with van der Waals surface area (Å²) in [5.41, 5.74) is 13.8. The van der Waals surface area contributed by atoms with Crippen LogP contribution in [-0.4, -0.2) is 0 Å². The van der Waals surface area contributed by atoms with E-state index in [9.17, 15) is 0 Å². The van der Waals surface area contributed by atoms with Crippen molar-refractivity contribution in [1.82, 2.24) is 0 Å². The maximum absolute atomic E-state index is 5.99. The monoisotopic (exact) mass is 251 g/mol. The minimum Gasteiger partial charge on any atom is -0.399 e. The molecule has 2 aromatic rings. The van der Waals surface area contributed by atoms with E-state index < -0.39 is 0 Å². The first-order chi connectivity index (χ1) is 9.28. The van der Waals surface area contributed by atoms with E-state index in [4.69, 9.17) is 5.73 Å². The summed E-state index contributed by atoms with van der Waals surface area (Å²) in [6.07, 6.45) is 6.15. The third-order valence-corrected chi connectivity index (χ3v) is 4.21. The molecule has 0 atom stereocenters. The molecule has 0 bridgehead atoms. The molecule has 0 fully saturated rings. The van der Waals surface area contributed by atoms with Crippen LogP contribution >= 0.6 is 0 Å². The number of nitrogen functional groups attached to an aromatic ring is 1. The number of nitrogens with two attached hydrogens (primary N) is 1. The second-order valence-electron chi connectivity index (χ2n) is 5.46. The van der Waals surface area contributed by atoms with Crippen molar-refractivity contribution in [1.29, 1.82) is 0 Å². The molecule has 2 aromatic carbocycles. The fraction of sp³-hybridized carbons (Fsp3) is 0.333. The lowest BCUT2D eigenvalue weighted by Crippen LogP contribution is -2.02. The topological polar surface area (TPSA) is 26.0 Å². The SMILES string of the molecule is CCc1cc(-c2ccc3c(c2)CCCC3)ccc1N. The van der Waals surface area contributed by atoms with E-state index in [0.717, 1.165) is 12.1 Å². The number of hydrogen-bond acceptors (Lipinski definition) is 1. The molecule has 0 unspecified atom stereocenters. The molecule has 3 rings (SSSR count). The van der Waals surface area contributed by atoms with Gasteiger partial charge in [0.1, 0.15) is 0 Å². The van der Waals surface area contributed by atoms with E-state index >= 15 is 0 Å². The average Bonchev–Trinajstić information content (AvgIpc) is 2.47. The van der Waals surface area contributed by atoms with Gasteiger partial charge in [0.15, 0.2) is 0 Å². The van der Waals surface area contributed by atoms with Gasteiger partial charge in [0.2, 0.25) is 0 Å². The predicted molar refractivity (Wildman–Crippen MR) is 82.3 cm³/mol. The van der Waals surface area contributed by atoms with Crippen LogP contribution in [0, 0.1) is 0 Å². The Balaban J connectivity index is 2.02. The molecule has 0 saturated heterocycles. The van der Waals surface area contributed by atoms with Crippen molar-refractivity contribution in [3.8, 4) is 11.1 Å². The zero-order valence-corrected chi connectivity index (χ0v) is 11.6. The first-order valence-electron chi connectivity index (χ1n) is 7.28. The largest absolute Gasteiger partial charge is 0.399 e. The van der Waals surface area contributed by atoms with E-state index in [1.54, 1.807) is 11.1 Å². The van der Waals surface area contributed by atoms with Crippen molar-refractivity contribution < 1.29 is 0 Å². The van der Waals surface area contributed by atoms with Crippen LogP contribution in [-0.2, 0) is 19.3 Å². The molecule has 0 aliphatic heterocycles. The van der Waals surface area contributed by atoms with Crippen molar-refractivity contribution in [3.05, 3.63) is 53.1 Å². The number of aryl methyl sites for hydroxylation is 3. The summed E-state index contributed by atoms with van der Waals surface area (Å²) in [7, 11) is 0. The molecule has 0 radical (unpaired) electrons. The van der Waals surface area contributed by atoms with E-state index in [1.807, 2.05) is 6.07 Å². The summed E-state index contributed by atoms with van der Waals surface area (Å²) in [5.74, 6) is 0. The highest BCUT2D eigenvalue weighted by Gasteiger charge is 2.10. The quantitative estimate of drug-likeness (QED) is 0.788. The first kappa shape index (κ1) is 12.3. The summed E-state index contributed by atoms with van der Waals surface area (Å²) in [4.78, 5) is 0. The van der Waals surface area contributed by atoms with Gasteiger partial charge in [0, 0.05) is 5.69 Å². The molecule has 1 aliphatic carbocycles. The van der Waals surface area contributed by atoms with Gasteiger partial charge in [-0.2, -0.15) is 0 Å². The molecule has 19 heavy (non-hydrogen) atoms. The molecule has 1 heteroatoms. The van der Waals surface area contributed by atoms with Gasteiger partial charge < -0.3 is 5.73 Å². The summed E-state index contributed by atoms with van der Waals surface area (Å²) in [6.45, 7) is 2.16. The lowest BCUT2D eigenvalue weighted by atomic mass is 9.89. The van der Waals surface area contributed by atoms with Crippen LogP contribution in [0.2, 0.25) is 0 Å². The van der Waals surface area contributed by atoms with E-state index in [-0.39, 0.29) is 0 Å². The van der Waals surface area contributed by atoms with Gasteiger partial charge >= 0.3 is 0 Å². The van der Waals surface area contributed by atoms with Crippen molar-refractivity contribution in [3.63, 3.8) is 0 Å². The molecular weight excluding hydrogens is 230 g/mol. The van der Waals surface area contributed by atoms with Crippen LogP contribution in [0.15, 0.2) is 36.4 Å². The summed E-state index contributed by atoms with van der Waals surface area (Å²) in [6, 6.07) is 13.4. The maximum Gasteiger partial charge on any atom is 0.0346 e. The highest BCUT2D eigenvalue weighted by Crippen LogP contribution is 2.29. The Morgan fingerprint density at radius 1 is 0.895 bits per heavy atom. The molecule has 0 aromatic heterocycles. The number of anilines is 1. The zero-order valence-electron chi connectivity index (χ0n) is 11.6. The minimum atomic E-state index is 0.907. The Kier molecular flexibility index (Phi) is 3.29. The van der Waals surface area contributed by atoms with Gasteiger partial charge in [-0.3, -0.25) is 0 Å². The molecule has 0 saturated carbocycles. The van der Waals surface area contributed by atoms with E-state index in [0.29, 0.717) is 0 Å². The van der Waals surface area contributed by atoms with Gasteiger partial charge in [-0.15, -0.1) is 0 Å². The fourth-order valence-electron chi connectivity index (χ4n) is 3.00. The first-order valence-corrected chi connectivity index (χ1v) is 7.28. The summed E-state index contributed by atoms with van der Waals surface area (Å²) in [5, 5.41) is 0. The van der Waals surface area contributed by atoms with Crippen molar-refractivity contribution >= 4 is 5.69 Å². The second kappa shape index (κ2) is 5.08. The van der Waals surface area contributed by atoms with Crippen LogP contribution in [0.1, 0.15) is 36.5 Å². The lowest BCUT2D eigenvalue weighted by Gasteiger charge is -2.17. The Bertz CT molecular complexity index is 599. The fourth-order valence-corrected chi connectivity index (χ4v) is 3.00. The third kappa shape index (κ3) is 2.37. The smallest absolute Gasteiger partial charge is 0.0346 e. The third-order valence-electron chi connectivity index (χ3n) is 4.21. The van der Waals surface area contributed by atoms with Crippen molar-refractivity contribution in [2.75, 3.05) is 5.73 Å². The lowest BCUT2D eigenvalue weighted by molar-refractivity contribution is 0.686. The number of fused-ring (bicyclic) bond motifs is 1.